The van der Waals surface area contributed by atoms with Gasteiger partial charge in [0, 0.05) is 25.7 Å². The molecule has 17 heavy (non-hydrogen) atoms. The molecule has 1 aliphatic heterocycles. The van der Waals surface area contributed by atoms with Crippen molar-refractivity contribution in [2.75, 3.05) is 26.2 Å². The third-order valence-electron chi connectivity index (χ3n) is 4.28. The fourth-order valence-corrected chi connectivity index (χ4v) is 3.23. The maximum Gasteiger partial charge on any atom is 0.0167 e. The summed E-state index contributed by atoms with van der Waals surface area (Å²) < 4.78 is 0. The van der Waals surface area contributed by atoms with Gasteiger partial charge in [0.05, 0.1) is 0 Å². The van der Waals surface area contributed by atoms with Crippen molar-refractivity contribution < 1.29 is 0 Å². The summed E-state index contributed by atoms with van der Waals surface area (Å²) in [6, 6.07) is 0.697. The smallest absolute Gasteiger partial charge is 0.0167 e. The molecule has 102 valence electrons. The summed E-state index contributed by atoms with van der Waals surface area (Å²) >= 11 is 0. The topological polar surface area (TPSA) is 15.3 Å². The molecule has 0 unspecified atom stereocenters. The van der Waals surface area contributed by atoms with Gasteiger partial charge in [-0.25, -0.2) is 0 Å². The van der Waals surface area contributed by atoms with Gasteiger partial charge < -0.3 is 10.2 Å². The molecule has 0 bridgehead atoms. The maximum absolute atomic E-state index is 3.52. The van der Waals surface area contributed by atoms with Crippen LogP contribution >= 0.6 is 12.4 Å². The molecular weight excluding hydrogens is 232 g/mol. The summed E-state index contributed by atoms with van der Waals surface area (Å²) in [6.07, 6.45) is 10.4. The summed E-state index contributed by atoms with van der Waals surface area (Å²) in [4.78, 5) is 2.66. The van der Waals surface area contributed by atoms with E-state index in [-0.39, 0.29) is 12.4 Å². The van der Waals surface area contributed by atoms with Crippen molar-refractivity contribution in [1.82, 2.24) is 10.2 Å². The molecule has 0 aromatic carbocycles. The van der Waals surface area contributed by atoms with Crippen LogP contribution in [0.15, 0.2) is 0 Å². The van der Waals surface area contributed by atoms with Crippen LogP contribution in [0.2, 0.25) is 0 Å². The van der Waals surface area contributed by atoms with Crippen LogP contribution in [0.25, 0.3) is 0 Å². The molecule has 2 nitrogen and oxygen atoms in total. The Morgan fingerprint density at radius 2 is 1.82 bits per heavy atom. The van der Waals surface area contributed by atoms with Crippen molar-refractivity contribution in [2.24, 2.45) is 5.92 Å². The highest BCUT2D eigenvalue weighted by molar-refractivity contribution is 5.85. The molecule has 1 saturated carbocycles. The second-order valence-electron chi connectivity index (χ2n) is 5.80. The highest BCUT2D eigenvalue weighted by Crippen LogP contribution is 2.25. The fraction of sp³-hybridized carbons (Fsp3) is 1.00. The number of rotatable bonds is 3. The van der Waals surface area contributed by atoms with E-state index in [2.05, 4.69) is 17.1 Å². The molecule has 0 radical (unpaired) electrons. The van der Waals surface area contributed by atoms with E-state index in [1.165, 1.54) is 71.1 Å². The van der Waals surface area contributed by atoms with Gasteiger partial charge in [-0.05, 0) is 25.8 Å². The number of hydrogen-bond acceptors (Lipinski definition) is 2. The predicted molar refractivity (Wildman–Crippen MR) is 77.0 cm³/mol. The number of nitrogens with zero attached hydrogens (tertiary/aromatic N) is 1. The normalized spacial score (nSPS) is 28.4. The Labute approximate surface area is 113 Å². The summed E-state index contributed by atoms with van der Waals surface area (Å²) in [7, 11) is 0. The third-order valence-corrected chi connectivity index (χ3v) is 4.28. The lowest BCUT2D eigenvalue weighted by Gasteiger charge is -2.32. The molecule has 1 N–H and O–H groups in total. The van der Waals surface area contributed by atoms with Gasteiger partial charge >= 0.3 is 0 Å². The molecule has 0 aromatic heterocycles. The standard InChI is InChI=1S/C14H28N2.ClH/c1-13-12-16(11-9-15-13)10-8-14-6-4-2-3-5-7-14;/h13-15H,2-12H2,1H3;1H/t13-;/m1./s1. The summed E-state index contributed by atoms with van der Waals surface area (Å²) in [5.41, 5.74) is 0. The first-order valence-corrected chi connectivity index (χ1v) is 7.30. The lowest BCUT2D eigenvalue weighted by atomic mass is 9.96. The Bertz CT molecular complexity index is 189. The van der Waals surface area contributed by atoms with Gasteiger partial charge in [-0.15, -0.1) is 12.4 Å². The van der Waals surface area contributed by atoms with E-state index in [0.717, 1.165) is 5.92 Å². The zero-order chi connectivity index (χ0) is 11.2. The van der Waals surface area contributed by atoms with E-state index in [1.807, 2.05) is 0 Å². The van der Waals surface area contributed by atoms with Gasteiger partial charge in [0.2, 0.25) is 0 Å². The molecule has 0 spiro atoms. The second-order valence-corrected chi connectivity index (χ2v) is 5.80. The zero-order valence-corrected chi connectivity index (χ0v) is 12.1. The van der Waals surface area contributed by atoms with Crippen molar-refractivity contribution in [3.8, 4) is 0 Å². The summed E-state index contributed by atoms with van der Waals surface area (Å²) in [5, 5.41) is 3.52. The quantitative estimate of drug-likeness (QED) is 0.785. The van der Waals surface area contributed by atoms with E-state index in [9.17, 15) is 0 Å². The minimum atomic E-state index is 0. The number of piperazine rings is 1. The van der Waals surface area contributed by atoms with E-state index in [1.54, 1.807) is 0 Å². The lowest BCUT2D eigenvalue weighted by Crippen LogP contribution is -2.49. The molecule has 0 aromatic rings. The van der Waals surface area contributed by atoms with E-state index >= 15 is 0 Å². The number of nitrogens with one attached hydrogen (secondary N) is 1. The molecule has 2 aliphatic rings. The number of hydrogen-bond donors (Lipinski definition) is 1. The minimum absolute atomic E-state index is 0. The average molecular weight is 261 g/mol. The van der Waals surface area contributed by atoms with Gasteiger partial charge in [-0.2, -0.15) is 0 Å². The maximum atomic E-state index is 3.52. The molecule has 1 saturated heterocycles. The van der Waals surface area contributed by atoms with Gasteiger partial charge in [-0.3, -0.25) is 0 Å². The average Bonchev–Trinajstić information content (AvgIpc) is 2.55. The van der Waals surface area contributed by atoms with E-state index in [4.69, 9.17) is 0 Å². The van der Waals surface area contributed by atoms with Crippen LogP contribution in [0.4, 0.5) is 0 Å². The zero-order valence-electron chi connectivity index (χ0n) is 11.3. The largest absolute Gasteiger partial charge is 0.312 e. The Morgan fingerprint density at radius 1 is 1.12 bits per heavy atom. The van der Waals surface area contributed by atoms with Crippen LogP contribution in [0.3, 0.4) is 0 Å². The molecule has 2 fully saturated rings. The Balaban J connectivity index is 0.00000144. The van der Waals surface area contributed by atoms with E-state index < -0.39 is 0 Å². The van der Waals surface area contributed by atoms with Crippen molar-refractivity contribution in [3.63, 3.8) is 0 Å². The first-order valence-electron chi connectivity index (χ1n) is 7.30. The predicted octanol–water partition coefficient (Wildman–Crippen LogP) is 3.06. The van der Waals surface area contributed by atoms with Crippen LogP contribution < -0.4 is 5.32 Å². The minimum Gasteiger partial charge on any atom is -0.312 e. The second kappa shape index (κ2) is 8.34. The van der Waals surface area contributed by atoms with Crippen molar-refractivity contribution in [1.29, 1.82) is 0 Å². The SMILES string of the molecule is C[C@@H]1CN(CCC2CCCCCC2)CCN1.Cl. The van der Waals surface area contributed by atoms with Crippen LogP contribution in [0, 0.1) is 5.92 Å². The van der Waals surface area contributed by atoms with Crippen molar-refractivity contribution in [3.05, 3.63) is 0 Å². The first-order chi connectivity index (χ1) is 7.84. The molecule has 2 rings (SSSR count). The Hall–Kier alpha value is 0.210. The van der Waals surface area contributed by atoms with Gasteiger partial charge in [-0.1, -0.05) is 38.5 Å². The Morgan fingerprint density at radius 3 is 2.47 bits per heavy atom. The lowest BCUT2D eigenvalue weighted by molar-refractivity contribution is 0.191. The molecule has 1 atom stereocenters. The highest BCUT2D eigenvalue weighted by Gasteiger charge is 2.17. The third kappa shape index (κ3) is 5.58. The van der Waals surface area contributed by atoms with Crippen LogP contribution in [0.5, 0.6) is 0 Å². The van der Waals surface area contributed by atoms with Gasteiger partial charge in [0.15, 0.2) is 0 Å². The molecular formula is C14H29ClN2. The molecule has 0 amide bonds. The van der Waals surface area contributed by atoms with Crippen LogP contribution in [-0.4, -0.2) is 37.1 Å². The monoisotopic (exact) mass is 260 g/mol. The van der Waals surface area contributed by atoms with Gasteiger partial charge in [0.25, 0.3) is 0 Å². The summed E-state index contributed by atoms with van der Waals surface area (Å²) in [5.74, 6) is 1.03. The van der Waals surface area contributed by atoms with Crippen molar-refractivity contribution in [2.45, 2.75) is 57.9 Å². The summed E-state index contributed by atoms with van der Waals surface area (Å²) in [6.45, 7) is 7.35. The first kappa shape index (κ1) is 15.3. The fourth-order valence-electron chi connectivity index (χ4n) is 3.23. The highest BCUT2D eigenvalue weighted by atomic mass is 35.5. The van der Waals surface area contributed by atoms with E-state index in [0.29, 0.717) is 6.04 Å². The molecule has 1 heterocycles. The number of halogens is 1. The Kier molecular flexibility index (Phi) is 7.49. The van der Waals surface area contributed by atoms with Crippen LogP contribution in [-0.2, 0) is 0 Å². The molecule has 3 heteroatoms. The van der Waals surface area contributed by atoms with Crippen LogP contribution in [0.1, 0.15) is 51.9 Å². The molecule has 1 aliphatic carbocycles. The van der Waals surface area contributed by atoms with Crippen molar-refractivity contribution >= 4 is 12.4 Å². The van der Waals surface area contributed by atoms with Gasteiger partial charge in [0.1, 0.15) is 0 Å².